The number of benzene rings is 4. The van der Waals surface area contributed by atoms with Crippen LogP contribution in [0.3, 0.4) is 0 Å². The van der Waals surface area contributed by atoms with E-state index in [-0.39, 0.29) is 0 Å². The summed E-state index contributed by atoms with van der Waals surface area (Å²) in [5, 5.41) is 28.1. The number of nitrogens with zero attached hydrogens (tertiary/aromatic N) is 7. The van der Waals surface area contributed by atoms with E-state index in [1.807, 2.05) is 85.1 Å². The van der Waals surface area contributed by atoms with Crippen LogP contribution in [0, 0.1) is 22.7 Å². The fraction of sp³-hybridized carbons (Fsp3) is 0.0930. The minimum absolute atomic E-state index is 0.424. The summed E-state index contributed by atoms with van der Waals surface area (Å²) < 4.78 is 30.1. The topological polar surface area (TPSA) is 173 Å². The molecule has 8 aromatic rings. The number of aromatic nitrogens is 5. The van der Waals surface area contributed by atoms with Crippen molar-refractivity contribution >= 4 is 56.3 Å². The highest BCUT2D eigenvalue weighted by atomic mass is 32.1. The predicted molar refractivity (Wildman–Crippen MR) is 221 cm³/mol. The third kappa shape index (κ3) is 7.75. The standard InChI is InChI=1S/C23H18N4O2.C20H15N5O2S/c1-28-21-7-6-15(10-22(21)29-2)19-14-26-13-17(11-24)23(19)27-20-5-3-4-16-12-25-9-8-18(16)20;1-26-17-7-6-12(8-18(17)27-2)14-11-22-10-13(9-21)19(14)23-15-4-3-5-16-20(15)25-28-24-16/h3-10,12-14H,1-2H3,(H,26,27);3-8,10-11H,1-2H3,(H,22,23). The largest absolute Gasteiger partial charge is 0.493 e. The molecule has 0 radical (unpaired) electrons. The van der Waals surface area contributed by atoms with Crippen molar-refractivity contribution in [3.8, 4) is 57.4 Å². The summed E-state index contributed by atoms with van der Waals surface area (Å²) >= 11 is 1.15. The minimum Gasteiger partial charge on any atom is -0.493 e. The molecule has 57 heavy (non-hydrogen) atoms. The van der Waals surface area contributed by atoms with Gasteiger partial charge in [0.1, 0.15) is 23.2 Å². The van der Waals surface area contributed by atoms with Crippen LogP contribution in [-0.2, 0) is 0 Å². The molecule has 280 valence electrons. The van der Waals surface area contributed by atoms with Crippen molar-refractivity contribution in [3.05, 3.63) is 127 Å². The van der Waals surface area contributed by atoms with Crippen molar-refractivity contribution in [2.24, 2.45) is 0 Å². The number of nitriles is 2. The maximum absolute atomic E-state index is 9.68. The summed E-state index contributed by atoms with van der Waals surface area (Å²) in [7, 11) is 6.36. The lowest BCUT2D eigenvalue weighted by molar-refractivity contribution is 0.355. The molecule has 4 aromatic carbocycles. The van der Waals surface area contributed by atoms with Gasteiger partial charge in [0.25, 0.3) is 0 Å². The summed E-state index contributed by atoms with van der Waals surface area (Å²) in [5.74, 6) is 2.47. The lowest BCUT2D eigenvalue weighted by atomic mass is 10.0. The lowest BCUT2D eigenvalue weighted by Crippen LogP contribution is -1.99. The number of pyridine rings is 3. The van der Waals surface area contributed by atoms with Crippen LogP contribution in [0.1, 0.15) is 11.1 Å². The van der Waals surface area contributed by atoms with E-state index in [1.165, 1.54) is 6.20 Å². The smallest absolute Gasteiger partial charge is 0.161 e. The summed E-state index contributed by atoms with van der Waals surface area (Å²) in [4.78, 5) is 12.7. The molecule has 2 N–H and O–H groups in total. The molecule has 0 amide bonds. The van der Waals surface area contributed by atoms with E-state index in [0.29, 0.717) is 45.5 Å². The van der Waals surface area contributed by atoms with E-state index in [1.54, 1.807) is 53.2 Å². The molecule has 0 atom stereocenters. The van der Waals surface area contributed by atoms with Gasteiger partial charge in [0, 0.05) is 64.8 Å². The first-order valence-electron chi connectivity index (χ1n) is 17.3. The SMILES string of the molecule is COc1ccc(-c2cncc(C#N)c2Nc2cccc3cnccc23)cc1OC.COc1ccc(-c2cncc(C#N)c2Nc2cccc3nsnc23)cc1OC. The number of nitrogens with one attached hydrogen (secondary N) is 2. The number of ether oxygens (including phenoxy) is 4. The van der Waals surface area contributed by atoms with Gasteiger partial charge in [0.05, 0.1) is 68.4 Å². The molecule has 8 rings (SSSR count). The second kappa shape index (κ2) is 17.1. The Morgan fingerprint density at radius 3 is 1.70 bits per heavy atom. The number of fused-ring (bicyclic) bond motifs is 2. The van der Waals surface area contributed by atoms with E-state index < -0.39 is 0 Å². The van der Waals surface area contributed by atoms with Gasteiger partial charge in [0.15, 0.2) is 23.0 Å². The van der Waals surface area contributed by atoms with Crippen molar-refractivity contribution in [1.29, 1.82) is 10.5 Å². The van der Waals surface area contributed by atoms with Crippen molar-refractivity contribution in [2.45, 2.75) is 0 Å². The van der Waals surface area contributed by atoms with Crippen LogP contribution in [0.5, 0.6) is 23.0 Å². The highest BCUT2D eigenvalue weighted by molar-refractivity contribution is 7.00. The van der Waals surface area contributed by atoms with E-state index in [9.17, 15) is 10.5 Å². The molecule has 0 aliphatic rings. The zero-order valence-electron chi connectivity index (χ0n) is 31.1. The van der Waals surface area contributed by atoms with Crippen LogP contribution < -0.4 is 29.6 Å². The van der Waals surface area contributed by atoms with Crippen LogP contribution >= 0.6 is 11.7 Å². The van der Waals surface area contributed by atoms with Gasteiger partial charge in [0.2, 0.25) is 0 Å². The maximum atomic E-state index is 9.68. The average Bonchev–Trinajstić information content (AvgIpc) is 3.76. The van der Waals surface area contributed by atoms with Crippen molar-refractivity contribution in [1.82, 2.24) is 23.7 Å². The molecule has 4 heterocycles. The Morgan fingerprint density at radius 2 is 1.12 bits per heavy atom. The van der Waals surface area contributed by atoms with Gasteiger partial charge in [-0.05, 0) is 59.7 Å². The first kappa shape index (κ1) is 37.5. The molecule has 0 unspecified atom stereocenters. The molecule has 0 saturated heterocycles. The fourth-order valence-corrected chi connectivity index (χ4v) is 6.76. The van der Waals surface area contributed by atoms with Gasteiger partial charge in [-0.1, -0.05) is 30.3 Å². The first-order valence-corrected chi connectivity index (χ1v) is 18.0. The van der Waals surface area contributed by atoms with Crippen LogP contribution in [0.2, 0.25) is 0 Å². The molecule has 0 aliphatic heterocycles. The van der Waals surface area contributed by atoms with Crippen molar-refractivity contribution in [2.75, 3.05) is 39.1 Å². The molecule has 0 aliphatic carbocycles. The van der Waals surface area contributed by atoms with Gasteiger partial charge >= 0.3 is 0 Å². The highest BCUT2D eigenvalue weighted by Crippen LogP contribution is 2.40. The van der Waals surface area contributed by atoms with Gasteiger partial charge in [-0.3, -0.25) is 15.0 Å². The second-order valence-electron chi connectivity index (χ2n) is 12.2. The van der Waals surface area contributed by atoms with Crippen molar-refractivity contribution in [3.63, 3.8) is 0 Å². The van der Waals surface area contributed by atoms with E-state index >= 15 is 0 Å². The van der Waals surface area contributed by atoms with Gasteiger partial charge in [-0.25, -0.2) is 0 Å². The number of rotatable bonds is 10. The number of anilines is 4. The van der Waals surface area contributed by atoms with E-state index in [0.717, 1.165) is 67.2 Å². The van der Waals surface area contributed by atoms with E-state index in [4.69, 9.17) is 18.9 Å². The summed E-state index contributed by atoms with van der Waals surface area (Å²) in [6, 6.07) is 29.2. The van der Waals surface area contributed by atoms with E-state index in [2.05, 4.69) is 46.5 Å². The molecule has 14 heteroatoms. The van der Waals surface area contributed by atoms with Crippen molar-refractivity contribution < 1.29 is 18.9 Å². The number of hydrogen-bond donors (Lipinski definition) is 2. The Kier molecular flexibility index (Phi) is 11.3. The zero-order chi connectivity index (χ0) is 39.7. The summed E-state index contributed by atoms with van der Waals surface area (Å²) in [5.41, 5.74) is 8.66. The fourth-order valence-electron chi connectivity index (χ4n) is 6.21. The zero-order valence-corrected chi connectivity index (χ0v) is 32.0. The molecular weight excluding hydrogens is 739 g/mol. The molecule has 0 bridgehead atoms. The molecule has 0 saturated carbocycles. The molecule has 13 nitrogen and oxygen atoms in total. The Labute approximate surface area is 332 Å². The Balaban J connectivity index is 0.000000174. The highest BCUT2D eigenvalue weighted by Gasteiger charge is 2.17. The average molecular weight is 772 g/mol. The molecule has 4 aromatic heterocycles. The summed E-state index contributed by atoms with van der Waals surface area (Å²) in [6.07, 6.45) is 10.1. The quantitative estimate of drug-likeness (QED) is 0.135. The van der Waals surface area contributed by atoms with Crippen LogP contribution in [0.15, 0.2) is 116 Å². The molecular formula is C43H33N9O4S. The maximum Gasteiger partial charge on any atom is 0.161 e. The van der Waals surface area contributed by atoms with Crippen LogP contribution in [-0.4, -0.2) is 52.1 Å². The van der Waals surface area contributed by atoms with Crippen LogP contribution in [0.25, 0.3) is 44.1 Å². The van der Waals surface area contributed by atoms with Gasteiger partial charge in [-0.15, -0.1) is 0 Å². The Bertz CT molecular complexity index is 2810. The molecule has 0 spiro atoms. The van der Waals surface area contributed by atoms with Gasteiger partial charge < -0.3 is 29.6 Å². The summed E-state index contributed by atoms with van der Waals surface area (Å²) in [6.45, 7) is 0. The third-order valence-corrected chi connectivity index (χ3v) is 9.55. The Morgan fingerprint density at radius 1 is 0.561 bits per heavy atom. The predicted octanol–water partition coefficient (Wildman–Crippen LogP) is 9.32. The van der Waals surface area contributed by atoms with Crippen LogP contribution in [0.4, 0.5) is 22.7 Å². The Hall–Kier alpha value is -7.81. The second-order valence-corrected chi connectivity index (χ2v) is 12.7. The lowest BCUT2D eigenvalue weighted by Gasteiger charge is -2.16. The minimum atomic E-state index is 0.424. The first-order chi connectivity index (χ1) is 28.0. The van der Waals surface area contributed by atoms with Gasteiger partial charge in [-0.2, -0.15) is 19.3 Å². The monoisotopic (exact) mass is 771 g/mol. The normalized spacial score (nSPS) is 10.4. The third-order valence-electron chi connectivity index (χ3n) is 9.01. The number of hydrogen-bond acceptors (Lipinski definition) is 14. The molecule has 0 fully saturated rings. The number of methoxy groups -OCH3 is 4.